The summed E-state index contributed by atoms with van der Waals surface area (Å²) in [6.07, 6.45) is 1.47. The summed E-state index contributed by atoms with van der Waals surface area (Å²) >= 11 is 6.10. The Bertz CT molecular complexity index is 1080. The molecular formula is C20H19ClN2O4S. The van der Waals surface area contributed by atoms with Crippen LogP contribution in [-0.2, 0) is 23.1 Å². The summed E-state index contributed by atoms with van der Waals surface area (Å²) in [6.45, 7) is 2.01. The summed E-state index contributed by atoms with van der Waals surface area (Å²) in [7, 11) is -3.79. The molecular weight excluding hydrogens is 400 g/mol. The molecule has 1 amide bonds. The van der Waals surface area contributed by atoms with Crippen molar-refractivity contribution in [1.82, 2.24) is 10.0 Å². The minimum atomic E-state index is -3.79. The molecule has 6 nitrogen and oxygen atoms in total. The first-order chi connectivity index (χ1) is 13.4. The molecule has 2 aromatic carbocycles. The first kappa shape index (κ1) is 20.1. The lowest BCUT2D eigenvalue weighted by Gasteiger charge is -2.11. The van der Waals surface area contributed by atoms with E-state index in [0.29, 0.717) is 16.3 Å². The van der Waals surface area contributed by atoms with E-state index in [1.54, 1.807) is 31.2 Å². The average Bonchev–Trinajstić information content (AvgIpc) is 3.19. The molecule has 1 aromatic heterocycles. The molecule has 0 saturated heterocycles. The van der Waals surface area contributed by atoms with Gasteiger partial charge in [-0.05, 0) is 48.4 Å². The van der Waals surface area contributed by atoms with Crippen LogP contribution in [0.5, 0.6) is 0 Å². The highest BCUT2D eigenvalue weighted by molar-refractivity contribution is 7.89. The standard InChI is InChI=1S/C20H19ClN2O4S/c1-14-8-9-17(28(25,26)23-13-16-6-4-10-27-16)11-18(14)20(24)22-12-15-5-2-3-7-19(15)21/h2-11,23H,12-13H2,1H3,(H,22,24). The van der Waals surface area contributed by atoms with Crippen molar-refractivity contribution in [3.05, 3.63) is 88.3 Å². The second-order valence-corrected chi connectivity index (χ2v) is 8.33. The van der Waals surface area contributed by atoms with E-state index in [1.165, 1.54) is 18.4 Å². The van der Waals surface area contributed by atoms with Crippen LogP contribution in [-0.4, -0.2) is 14.3 Å². The molecule has 0 aliphatic rings. The lowest BCUT2D eigenvalue weighted by molar-refractivity contribution is 0.0950. The van der Waals surface area contributed by atoms with Crippen LogP contribution < -0.4 is 10.0 Å². The maximum atomic E-state index is 12.6. The first-order valence-corrected chi connectivity index (χ1v) is 10.4. The molecule has 3 rings (SSSR count). The SMILES string of the molecule is Cc1ccc(S(=O)(=O)NCc2ccco2)cc1C(=O)NCc1ccccc1Cl. The van der Waals surface area contributed by atoms with Gasteiger partial charge in [0, 0.05) is 17.1 Å². The maximum Gasteiger partial charge on any atom is 0.251 e. The number of halogens is 1. The number of rotatable bonds is 7. The third-order valence-corrected chi connectivity index (χ3v) is 5.95. The number of amides is 1. The number of nitrogens with one attached hydrogen (secondary N) is 2. The number of furan rings is 1. The van der Waals surface area contributed by atoms with Gasteiger partial charge in [0.15, 0.2) is 0 Å². The van der Waals surface area contributed by atoms with Gasteiger partial charge < -0.3 is 9.73 Å². The summed E-state index contributed by atoms with van der Waals surface area (Å²) in [6, 6.07) is 15.0. The zero-order valence-corrected chi connectivity index (χ0v) is 16.7. The van der Waals surface area contributed by atoms with Gasteiger partial charge in [0.1, 0.15) is 5.76 Å². The molecule has 0 fully saturated rings. The molecule has 0 radical (unpaired) electrons. The number of sulfonamides is 1. The van der Waals surface area contributed by atoms with Crippen LogP contribution in [0, 0.1) is 6.92 Å². The van der Waals surface area contributed by atoms with Crippen molar-refractivity contribution < 1.29 is 17.6 Å². The molecule has 1 heterocycles. The van der Waals surface area contributed by atoms with Crippen molar-refractivity contribution in [3.8, 4) is 0 Å². The lowest BCUT2D eigenvalue weighted by atomic mass is 10.1. The highest BCUT2D eigenvalue weighted by atomic mass is 35.5. The Kier molecular flexibility index (Phi) is 6.18. The van der Waals surface area contributed by atoms with Crippen molar-refractivity contribution in [2.45, 2.75) is 24.9 Å². The minimum absolute atomic E-state index is 0.00699. The molecule has 3 aromatic rings. The molecule has 0 aliphatic heterocycles. The maximum absolute atomic E-state index is 12.6. The van der Waals surface area contributed by atoms with E-state index in [4.69, 9.17) is 16.0 Å². The Morgan fingerprint density at radius 3 is 2.57 bits per heavy atom. The van der Waals surface area contributed by atoms with Gasteiger partial charge in [-0.3, -0.25) is 4.79 Å². The monoisotopic (exact) mass is 418 g/mol. The van der Waals surface area contributed by atoms with Gasteiger partial charge in [0.2, 0.25) is 10.0 Å². The van der Waals surface area contributed by atoms with E-state index in [2.05, 4.69) is 10.0 Å². The van der Waals surface area contributed by atoms with Gasteiger partial charge in [-0.25, -0.2) is 13.1 Å². The number of hydrogen-bond donors (Lipinski definition) is 2. The Hall–Kier alpha value is -2.61. The fourth-order valence-corrected chi connectivity index (χ4v) is 3.81. The summed E-state index contributed by atoms with van der Waals surface area (Å²) in [4.78, 5) is 12.6. The van der Waals surface area contributed by atoms with Crippen LogP contribution in [0.1, 0.15) is 27.2 Å². The molecule has 0 aliphatic carbocycles. The Morgan fingerprint density at radius 2 is 1.86 bits per heavy atom. The smallest absolute Gasteiger partial charge is 0.251 e. The van der Waals surface area contributed by atoms with Crippen LogP contribution in [0.4, 0.5) is 0 Å². The normalized spacial score (nSPS) is 11.4. The van der Waals surface area contributed by atoms with E-state index in [0.717, 1.165) is 5.56 Å². The number of benzene rings is 2. The van der Waals surface area contributed by atoms with Crippen molar-refractivity contribution in [3.63, 3.8) is 0 Å². The average molecular weight is 419 g/mol. The van der Waals surface area contributed by atoms with E-state index in [9.17, 15) is 13.2 Å². The molecule has 0 atom stereocenters. The van der Waals surface area contributed by atoms with Crippen molar-refractivity contribution in [2.75, 3.05) is 0 Å². The van der Waals surface area contributed by atoms with Crippen molar-refractivity contribution in [2.24, 2.45) is 0 Å². The highest BCUT2D eigenvalue weighted by Gasteiger charge is 2.18. The van der Waals surface area contributed by atoms with Crippen LogP contribution in [0.2, 0.25) is 5.02 Å². The Morgan fingerprint density at radius 1 is 1.07 bits per heavy atom. The molecule has 0 bridgehead atoms. The quantitative estimate of drug-likeness (QED) is 0.613. The fraction of sp³-hybridized carbons (Fsp3) is 0.150. The number of aryl methyl sites for hydroxylation is 1. The van der Waals surface area contributed by atoms with Crippen molar-refractivity contribution in [1.29, 1.82) is 0 Å². The summed E-state index contributed by atoms with van der Waals surface area (Å²) < 4.78 is 32.7. The lowest BCUT2D eigenvalue weighted by Crippen LogP contribution is -2.26. The van der Waals surface area contributed by atoms with Gasteiger partial charge in [0.25, 0.3) is 5.91 Å². The van der Waals surface area contributed by atoms with Gasteiger partial charge in [0.05, 0.1) is 17.7 Å². The molecule has 8 heteroatoms. The third kappa shape index (κ3) is 4.81. The van der Waals surface area contributed by atoms with Gasteiger partial charge in [-0.1, -0.05) is 35.9 Å². The second-order valence-electron chi connectivity index (χ2n) is 6.15. The van der Waals surface area contributed by atoms with Crippen molar-refractivity contribution >= 4 is 27.5 Å². The Labute approximate surface area is 168 Å². The zero-order chi connectivity index (χ0) is 20.1. The van der Waals surface area contributed by atoms with Crippen LogP contribution in [0.15, 0.2) is 70.2 Å². The fourth-order valence-electron chi connectivity index (χ4n) is 2.59. The molecule has 146 valence electrons. The molecule has 28 heavy (non-hydrogen) atoms. The summed E-state index contributed by atoms with van der Waals surface area (Å²) in [5, 5.41) is 3.33. The molecule has 0 spiro atoms. The number of carbonyl (C=O) groups excluding carboxylic acids is 1. The predicted molar refractivity (Wildman–Crippen MR) is 107 cm³/mol. The molecule has 0 unspecified atom stereocenters. The van der Waals surface area contributed by atoms with E-state index >= 15 is 0 Å². The predicted octanol–water partition coefficient (Wildman–Crippen LogP) is 3.65. The molecule has 2 N–H and O–H groups in total. The van der Waals surface area contributed by atoms with Crippen LogP contribution in [0.3, 0.4) is 0 Å². The summed E-state index contributed by atoms with van der Waals surface area (Å²) in [5.41, 5.74) is 1.73. The zero-order valence-electron chi connectivity index (χ0n) is 15.1. The third-order valence-electron chi connectivity index (χ3n) is 4.18. The van der Waals surface area contributed by atoms with E-state index < -0.39 is 10.0 Å². The van der Waals surface area contributed by atoms with Gasteiger partial charge in [-0.15, -0.1) is 0 Å². The van der Waals surface area contributed by atoms with Crippen LogP contribution in [0.25, 0.3) is 0 Å². The minimum Gasteiger partial charge on any atom is -0.468 e. The number of hydrogen-bond acceptors (Lipinski definition) is 4. The second kappa shape index (κ2) is 8.60. The topological polar surface area (TPSA) is 88.4 Å². The van der Waals surface area contributed by atoms with Gasteiger partial charge in [-0.2, -0.15) is 0 Å². The summed E-state index contributed by atoms with van der Waals surface area (Å²) in [5.74, 6) is 0.119. The number of carbonyl (C=O) groups is 1. The largest absolute Gasteiger partial charge is 0.468 e. The first-order valence-electron chi connectivity index (χ1n) is 8.51. The van der Waals surface area contributed by atoms with E-state index in [-0.39, 0.29) is 29.5 Å². The molecule has 0 saturated carbocycles. The Balaban J connectivity index is 1.74. The highest BCUT2D eigenvalue weighted by Crippen LogP contribution is 2.18. The van der Waals surface area contributed by atoms with Gasteiger partial charge >= 0.3 is 0 Å². The van der Waals surface area contributed by atoms with Crippen LogP contribution >= 0.6 is 11.6 Å². The van der Waals surface area contributed by atoms with E-state index in [1.807, 2.05) is 18.2 Å².